The molecule has 1 atom stereocenters. The molecule has 0 saturated carbocycles. The molecule has 1 rings (SSSR count). The normalized spacial score (nSPS) is 26.6. The average Bonchev–Trinajstić information content (AvgIpc) is 2.04. The molecule has 0 N–H and O–H groups in total. The molecule has 1 fully saturated rings. The van der Waals surface area contributed by atoms with E-state index in [9.17, 15) is 8.42 Å². The SMILES string of the molecule is C[C@H]1CCCCN1S(=O)(=O)N(C)C. The van der Waals surface area contributed by atoms with E-state index in [-0.39, 0.29) is 6.04 Å². The van der Waals surface area contributed by atoms with Crippen molar-refractivity contribution in [2.45, 2.75) is 32.2 Å². The van der Waals surface area contributed by atoms with Crippen molar-refractivity contribution in [3.8, 4) is 0 Å². The van der Waals surface area contributed by atoms with Gasteiger partial charge in [-0.15, -0.1) is 0 Å². The summed E-state index contributed by atoms with van der Waals surface area (Å²) in [5.41, 5.74) is 0. The zero-order valence-electron chi connectivity index (χ0n) is 8.52. The Balaban J connectivity index is 2.80. The first kappa shape index (κ1) is 10.9. The summed E-state index contributed by atoms with van der Waals surface area (Å²) in [5.74, 6) is 0. The molecular formula is C8H18N2O2S. The maximum Gasteiger partial charge on any atom is 0.281 e. The van der Waals surface area contributed by atoms with Crippen LogP contribution in [0.25, 0.3) is 0 Å². The Morgan fingerprint density at radius 1 is 1.31 bits per heavy atom. The standard InChI is InChI=1S/C8H18N2O2S/c1-8-6-4-5-7-10(8)13(11,12)9(2)3/h8H,4-7H2,1-3H3/t8-/m0/s1. The van der Waals surface area contributed by atoms with Gasteiger partial charge < -0.3 is 0 Å². The summed E-state index contributed by atoms with van der Waals surface area (Å²) < 4.78 is 26.4. The molecule has 0 aromatic carbocycles. The average molecular weight is 206 g/mol. The van der Waals surface area contributed by atoms with Crippen molar-refractivity contribution < 1.29 is 8.42 Å². The number of hydrogen-bond acceptors (Lipinski definition) is 2. The molecule has 1 heterocycles. The van der Waals surface area contributed by atoms with Crippen molar-refractivity contribution in [2.75, 3.05) is 20.6 Å². The Bertz CT molecular complexity index is 261. The van der Waals surface area contributed by atoms with E-state index in [2.05, 4.69) is 0 Å². The largest absolute Gasteiger partial charge is 0.281 e. The predicted octanol–water partition coefficient (Wildman–Crippen LogP) is 0.667. The highest BCUT2D eigenvalue weighted by Crippen LogP contribution is 2.20. The predicted molar refractivity (Wildman–Crippen MR) is 52.6 cm³/mol. The molecule has 0 spiro atoms. The monoisotopic (exact) mass is 206 g/mol. The minimum Gasteiger partial charge on any atom is -0.195 e. The highest BCUT2D eigenvalue weighted by Gasteiger charge is 2.30. The second-order valence-electron chi connectivity index (χ2n) is 3.75. The van der Waals surface area contributed by atoms with Crippen molar-refractivity contribution in [1.82, 2.24) is 8.61 Å². The zero-order valence-corrected chi connectivity index (χ0v) is 9.34. The topological polar surface area (TPSA) is 40.6 Å². The summed E-state index contributed by atoms with van der Waals surface area (Å²) in [6, 6.07) is 0.154. The summed E-state index contributed by atoms with van der Waals surface area (Å²) in [4.78, 5) is 0. The Kier molecular flexibility index (Phi) is 3.32. The van der Waals surface area contributed by atoms with Crippen LogP contribution in [-0.2, 0) is 10.2 Å². The Labute approximate surface area is 80.7 Å². The Morgan fingerprint density at radius 2 is 1.92 bits per heavy atom. The van der Waals surface area contributed by atoms with Gasteiger partial charge in [-0.3, -0.25) is 0 Å². The molecule has 1 saturated heterocycles. The van der Waals surface area contributed by atoms with Crippen LogP contribution in [-0.4, -0.2) is 43.7 Å². The van der Waals surface area contributed by atoms with E-state index in [1.165, 1.54) is 4.31 Å². The van der Waals surface area contributed by atoms with Gasteiger partial charge in [-0.1, -0.05) is 6.42 Å². The molecule has 13 heavy (non-hydrogen) atoms. The second-order valence-corrected chi connectivity index (χ2v) is 5.84. The van der Waals surface area contributed by atoms with E-state index in [1.807, 2.05) is 6.92 Å². The van der Waals surface area contributed by atoms with Crippen LogP contribution >= 0.6 is 0 Å². The number of nitrogens with zero attached hydrogens (tertiary/aromatic N) is 2. The van der Waals surface area contributed by atoms with Crippen molar-refractivity contribution in [2.24, 2.45) is 0 Å². The fourth-order valence-corrected chi connectivity index (χ4v) is 2.96. The van der Waals surface area contributed by atoms with Gasteiger partial charge in [0.1, 0.15) is 0 Å². The first-order valence-electron chi connectivity index (χ1n) is 4.65. The molecule has 0 unspecified atom stereocenters. The maximum atomic E-state index is 11.7. The van der Waals surface area contributed by atoms with Crippen LogP contribution in [0.15, 0.2) is 0 Å². The summed E-state index contributed by atoms with van der Waals surface area (Å²) in [7, 11) is -0.0224. The first-order valence-corrected chi connectivity index (χ1v) is 6.05. The minimum atomic E-state index is -3.18. The van der Waals surface area contributed by atoms with Gasteiger partial charge in [-0.25, -0.2) is 0 Å². The molecule has 0 bridgehead atoms. The van der Waals surface area contributed by atoms with Gasteiger partial charge >= 0.3 is 0 Å². The summed E-state index contributed by atoms with van der Waals surface area (Å²) in [6.07, 6.45) is 3.10. The van der Waals surface area contributed by atoms with Crippen molar-refractivity contribution >= 4 is 10.2 Å². The maximum absolute atomic E-state index is 11.7. The van der Waals surface area contributed by atoms with Crippen LogP contribution in [0.2, 0.25) is 0 Å². The zero-order chi connectivity index (χ0) is 10.1. The first-order chi connectivity index (χ1) is 5.96. The van der Waals surface area contributed by atoms with E-state index in [4.69, 9.17) is 0 Å². The van der Waals surface area contributed by atoms with E-state index < -0.39 is 10.2 Å². The van der Waals surface area contributed by atoms with Gasteiger partial charge in [0.25, 0.3) is 10.2 Å². The molecule has 5 heteroatoms. The van der Waals surface area contributed by atoms with Gasteiger partial charge in [-0.05, 0) is 19.8 Å². The summed E-state index contributed by atoms with van der Waals surface area (Å²) in [6.45, 7) is 2.64. The third kappa shape index (κ3) is 2.21. The van der Waals surface area contributed by atoms with Crippen molar-refractivity contribution in [1.29, 1.82) is 0 Å². The Morgan fingerprint density at radius 3 is 2.38 bits per heavy atom. The van der Waals surface area contributed by atoms with E-state index in [1.54, 1.807) is 18.4 Å². The molecule has 0 amide bonds. The van der Waals surface area contributed by atoms with E-state index >= 15 is 0 Å². The highest BCUT2D eigenvalue weighted by molar-refractivity contribution is 7.86. The molecule has 78 valence electrons. The van der Waals surface area contributed by atoms with Crippen LogP contribution in [0.4, 0.5) is 0 Å². The third-order valence-corrected chi connectivity index (χ3v) is 4.56. The van der Waals surface area contributed by atoms with Gasteiger partial charge in [-0.2, -0.15) is 17.0 Å². The molecule has 1 aliphatic rings. The van der Waals surface area contributed by atoms with Crippen LogP contribution in [0.3, 0.4) is 0 Å². The van der Waals surface area contributed by atoms with E-state index in [0.717, 1.165) is 19.3 Å². The molecule has 0 aromatic rings. The van der Waals surface area contributed by atoms with Crippen molar-refractivity contribution in [3.63, 3.8) is 0 Å². The summed E-state index contributed by atoms with van der Waals surface area (Å²) in [5, 5.41) is 0. The van der Waals surface area contributed by atoms with Gasteiger partial charge in [0.2, 0.25) is 0 Å². The number of hydrogen-bond donors (Lipinski definition) is 0. The third-order valence-electron chi connectivity index (χ3n) is 2.50. The fourth-order valence-electron chi connectivity index (χ4n) is 1.62. The second kappa shape index (κ2) is 3.94. The summed E-state index contributed by atoms with van der Waals surface area (Å²) >= 11 is 0. The number of piperidine rings is 1. The van der Waals surface area contributed by atoms with Crippen LogP contribution in [0, 0.1) is 0 Å². The minimum absolute atomic E-state index is 0.154. The molecular weight excluding hydrogens is 188 g/mol. The Hall–Kier alpha value is -0.130. The van der Waals surface area contributed by atoms with Gasteiger partial charge in [0.15, 0.2) is 0 Å². The lowest BCUT2D eigenvalue weighted by atomic mass is 10.1. The van der Waals surface area contributed by atoms with Crippen molar-refractivity contribution in [3.05, 3.63) is 0 Å². The lowest BCUT2D eigenvalue weighted by Gasteiger charge is -2.33. The molecule has 0 aliphatic carbocycles. The lowest BCUT2D eigenvalue weighted by Crippen LogP contribution is -2.47. The molecule has 0 aromatic heterocycles. The fraction of sp³-hybridized carbons (Fsp3) is 1.00. The van der Waals surface area contributed by atoms with Gasteiger partial charge in [0, 0.05) is 26.7 Å². The van der Waals surface area contributed by atoms with Gasteiger partial charge in [0.05, 0.1) is 0 Å². The van der Waals surface area contributed by atoms with Crippen LogP contribution < -0.4 is 0 Å². The number of rotatable bonds is 2. The highest BCUT2D eigenvalue weighted by atomic mass is 32.2. The molecule has 4 nitrogen and oxygen atoms in total. The quantitative estimate of drug-likeness (QED) is 0.666. The molecule has 0 radical (unpaired) electrons. The molecule has 1 aliphatic heterocycles. The van der Waals surface area contributed by atoms with Crippen LogP contribution in [0.5, 0.6) is 0 Å². The lowest BCUT2D eigenvalue weighted by molar-refractivity contribution is 0.255. The smallest absolute Gasteiger partial charge is 0.195 e. The van der Waals surface area contributed by atoms with Crippen LogP contribution in [0.1, 0.15) is 26.2 Å². The van der Waals surface area contributed by atoms with E-state index in [0.29, 0.717) is 6.54 Å².